The fourth-order valence-electron chi connectivity index (χ4n) is 6.64. The number of hydrogen-bond acceptors (Lipinski definition) is 3. The molecule has 4 aliphatic rings. The number of nitrogens with zero attached hydrogens (tertiary/aromatic N) is 1. The average Bonchev–Trinajstić information content (AvgIpc) is 2.76. The molecule has 2 amide bonds. The van der Waals surface area contributed by atoms with Crippen LogP contribution in [0.1, 0.15) is 51.5 Å². The number of pyridine rings is 1. The van der Waals surface area contributed by atoms with E-state index in [-0.39, 0.29) is 23.3 Å². The van der Waals surface area contributed by atoms with Crippen molar-refractivity contribution in [2.45, 2.75) is 57.4 Å². The van der Waals surface area contributed by atoms with Crippen LogP contribution in [0.4, 0.5) is 0 Å². The van der Waals surface area contributed by atoms with Crippen LogP contribution in [0.3, 0.4) is 0 Å². The molecule has 5 nitrogen and oxygen atoms in total. The minimum absolute atomic E-state index is 0.0622. The van der Waals surface area contributed by atoms with E-state index in [0.717, 1.165) is 48.8 Å². The number of nitrogens with two attached hydrogens (primary N) is 1. The Balaban J connectivity index is 1.32. The molecular weight excluding hydrogens is 386 g/mol. The van der Waals surface area contributed by atoms with E-state index in [1.807, 2.05) is 44.3 Å². The molecule has 0 spiro atoms. The lowest BCUT2D eigenvalue weighted by molar-refractivity contribution is -0.148. The number of hydrogen-bond donors (Lipinski definition) is 2. The number of primary amides is 1. The molecule has 6 rings (SSSR count). The number of nitrogens with one attached hydrogen (secondary N) is 1. The molecular formula is C26H31N3O2. The average molecular weight is 418 g/mol. The van der Waals surface area contributed by atoms with Crippen molar-refractivity contribution in [1.82, 2.24) is 10.3 Å². The number of aromatic nitrogens is 1. The highest BCUT2D eigenvalue weighted by Crippen LogP contribution is 2.60. The Morgan fingerprint density at radius 3 is 2.29 bits per heavy atom. The topological polar surface area (TPSA) is 85.1 Å². The van der Waals surface area contributed by atoms with E-state index in [0.29, 0.717) is 17.8 Å². The van der Waals surface area contributed by atoms with Gasteiger partial charge in [0.15, 0.2) is 0 Å². The summed E-state index contributed by atoms with van der Waals surface area (Å²) in [6.07, 6.45) is 8.44. The molecule has 162 valence electrons. The highest BCUT2D eigenvalue weighted by Gasteiger charge is 2.58. The van der Waals surface area contributed by atoms with Crippen LogP contribution in [0.25, 0.3) is 11.1 Å². The van der Waals surface area contributed by atoms with Gasteiger partial charge in [0.2, 0.25) is 11.8 Å². The molecule has 0 radical (unpaired) electrons. The molecule has 0 aliphatic heterocycles. The van der Waals surface area contributed by atoms with Crippen LogP contribution in [-0.4, -0.2) is 22.8 Å². The summed E-state index contributed by atoms with van der Waals surface area (Å²) < 4.78 is 0. The third-order valence-electron chi connectivity index (χ3n) is 8.26. The summed E-state index contributed by atoms with van der Waals surface area (Å²) >= 11 is 0. The molecule has 3 N–H and O–H groups in total. The Bertz CT molecular complexity index is 983. The number of benzene rings is 1. The van der Waals surface area contributed by atoms with E-state index < -0.39 is 5.41 Å². The highest BCUT2D eigenvalue weighted by molar-refractivity contribution is 5.88. The van der Waals surface area contributed by atoms with E-state index in [4.69, 9.17) is 5.73 Å². The molecule has 4 fully saturated rings. The van der Waals surface area contributed by atoms with Crippen molar-refractivity contribution in [3.63, 3.8) is 0 Å². The first-order valence-electron chi connectivity index (χ1n) is 11.4. The van der Waals surface area contributed by atoms with Crippen LogP contribution in [0.2, 0.25) is 0 Å². The maximum absolute atomic E-state index is 13.4. The minimum atomic E-state index is -0.635. The van der Waals surface area contributed by atoms with Crippen molar-refractivity contribution < 1.29 is 9.59 Å². The number of rotatable bonds is 5. The smallest absolute Gasteiger partial charge is 0.230 e. The molecule has 2 aromatic rings. The molecule has 31 heavy (non-hydrogen) atoms. The van der Waals surface area contributed by atoms with Gasteiger partial charge in [-0.3, -0.25) is 14.6 Å². The second kappa shape index (κ2) is 7.18. The third kappa shape index (κ3) is 3.35. The highest BCUT2D eigenvalue weighted by atomic mass is 16.2. The van der Waals surface area contributed by atoms with Gasteiger partial charge >= 0.3 is 0 Å². The van der Waals surface area contributed by atoms with Gasteiger partial charge in [-0.15, -0.1) is 0 Å². The maximum Gasteiger partial charge on any atom is 0.230 e. The quantitative estimate of drug-likeness (QED) is 0.775. The van der Waals surface area contributed by atoms with Gasteiger partial charge in [-0.05, 0) is 86.5 Å². The first-order chi connectivity index (χ1) is 14.8. The molecule has 0 saturated heterocycles. The molecule has 1 aromatic heterocycles. The summed E-state index contributed by atoms with van der Waals surface area (Å²) in [7, 11) is 0. The van der Waals surface area contributed by atoms with E-state index in [2.05, 4.69) is 22.4 Å². The van der Waals surface area contributed by atoms with Gasteiger partial charge in [0.25, 0.3) is 0 Å². The lowest BCUT2D eigenvalue weighted by Gasteiger charge is -2.59. The Morgan fingerprint density at radius 1 is 1.03 bits per heavy atom. The fraction of sp³-hybridized carbons (Fsp3) is 0.500. The van der Waals surface area contributed by atoms with Gasteiger partial charge in [-0.1, -0.05) is 30.3 Å². The Labute approximate surface area is 183 Å². The number of amides is 2. The molecule has 4 saturated carbocycles. The van der Waals surface area contributed by atoms with E-state index in [1.165, 1.54) is 0 Å². The lowest BCUT2D eigenvalue weighted by atomic mass is 9.47. The van der Waals surface area contributed by atoms with E-state index in [9.17, 15) is 9.59 Å². The van der Waals surface area contributed by atoms with Crippen LogP contribution >= 0.6 is 0 Å². The number of carbonyl (C=O) groups is 2. The second-order valence-electron chi connectivity index (χ2n) is 10.6. The molecule has 1 heterocycles. The van der Waals surface area contributed by atoms with Crippen LogP contribution in [0.15, 0.2) is 48.8 Å². The summed E-state index contributed by atoms with van der Waals surface area (Å²) in [5.74, 6) is 1.25. The predicted octanol–water partition coefficient (Wildman–Crippen LogP) is 3.82. The normalized spacial score (nSPS) is 31.4. The summed E-state index contributed by atoms with van der Waals surface area (Å²) in [5.41, 5.74) is 8.00. The molecule has 4 bridgehead atoms. The minimum Gasteiger partial charge on any atom is -0.369 e. The zero-order chi connectivity index (χ0) is 21.8. The first-order valence-corrected chi connectivity index (χ1v) is 11.4. The Kier molecular flexibility index (Phi) is 4.68. The summed E-state index contributed by atoms with van der Waals surface area (Å²) in [6.45, 7) is 3.98. The molecule has 4 aliphatic carbocycles. The van der Waals surface area contributed by atoms with Crippen LogP contribution < -0.4 is 11.1 Å². The molecule has 2 unspecified atom stereocenters. The fourth-order valence-corrected chi connectivity index (χ4v) is 6.64. The number of carbonyl (C=O) groups excluding carboxylic acids is 2. The Hall–Kier alpha value is -2.69. The van der Waals surface area contributed by atoms with Crippen molar-refractivity contribution in [2.75, 3.05) is 0 Å². The van der Waals surface area contributed by atoms with Gasteiger partial charge < -0.3 is 11.1 Å². The largest absolute Gasteiger partial charge is 0.369 e. The van der Waals surface area contributed by atoms with Crippen molar-refractivity contribution in [2.24, 2.45) is 28.9 Å². The van der Waals surface area contributed by atoms with Gasteiger partial charge in [0.05, 0.1) is 5.41 Å². The maximum atomic E-state index is 13.4. The second-order valence-corrected chi connectivity index (χ2v) is 10.6. The third-order valence-corrected chi connectivity index (χ3v) is 8.26. The SMILES string of the molecule is CC(C)(C(=O)NC1C2CC3CC1CC(C(N)=O)(C3)C2)c1ccc(-c2cccnc2)cc1. The molecule has 1 aromatic carbocycles. The lowest BCUT2D eigenvalue weighted by Crippen LogP contribution is -2.63. The van der Waals surface area contributed by atoms with Gasteiger partial charge in [-0.2, -0.15) is 0 Å². The summed E-state index contributed by atoms with van der Waals surface area (Å²) in [5, 5.41) is 3.40. The van der Waals surface area contributed by atoms with Gasteiger partial charge in [0.1, 0.15) is 0 Å². The summed E-state index contributed by atoms with van der Waals surface area (Å²) in [6, 6.07) is 12.3. The Morgan fingerprint density at radius 2 is 1.71 bits per heavy atom. The van der Waals surface area contributed by atoms with Gasteiger partial charge in [0, 0.05) is 23.9 Å². The zero-order valence-corrected chi connectivity index (χ0v) is 18.3. The predicted molar refractivity (Wildman–Crippen MR) is 120 cm³/mol. The molecule has 2 atom stereocenters. The van der Waals surface area contributed by atoms with Crippen molar-refractivity contribution in [1.29, 1.82) is 0 Å². The first kappa shape index (κ1) is 20.2. The van der Waals surface area contributed by atoms with Crippen LogP contribution in [-0.2, 0) is 15.0 Å². The van der Waals surface area contributed by atoms with Crippen LogP contribution in [0, 0.1) is 23.2 Å². The van der Waals surface area contributed by atoms with Crippen LogP contribution in [0.5, 0.6) is 0 Å². The standard InChI is InChI=1S/C26H31N3O2/c1-25(2,21-7-5-17(6-8-21)18-4-3-9-28-15-18)24(31)29-22-19-10-16-11-20(22)14-26(12-16,13-19)23(27)30/h3-9,15-16,19-20,22H,10-14H2,1-2H3,(H2,27,30)(H,29,31). The monoisotopic (exact) mass is 417 g/mol. The molecule has 5 heteroatoms. The van der Waals surface area contributed by atoms with E-state index in [1.54, 1.807) is 6.20 Å². The van der Waals surface area contributed by atoms with Crippen molar-refractivity contribution in [3.05, 3.63) is 54.4 Å². The van der Waals surface area contributed by atoms with Gasteiger partial charge in [-0.25, -0.2) is 0 Å². The van der Waals surface area contributed by atoms with Crippen molar-refractivity contribution >= 4 is 11.8 Å². The van der Waals surface area contributed by atoms with E-state index >= 15 is 0 Å². The zero-order valence-electron chi connectivity index (χ0n) is 18.3. The van der Waals surface area contributed by atoms with Crippen molar-refractivity contribution in [3.8, 4) is 11.1 Å². The summed E-state index contributed by atoms with van der Waals surface area (Å²) in [4.78, 5) is 29.8.